The van der Waals surface area contributed by atoms with Gasteiger partial charge in [-0.2, -0.15) is 0 Å². The van der Waals surface area contributed by atoms with E-state index in [4.69, 9.17) is 11.6 Å². The first-order chi connectivity index (χ1) is 11.7. The van der Waals surface area contributed by atoms with Crippen molar-refractivity contribution in [3.63, 3.8) is 0 Å². The molecule has 2 aromatic rings. The van der Waals surface area contributed by atoms with Gasteiger partial charge in [-0.15, -0.1) is 0 Å². The average Bonchev–Trinajstić information content (AvgIpc) is 2.56. The van der Waals surface area contributed by atoms with Crippen molar-refractivity contribution in [3.05, 3.63) is 58.6 Å². The summed E-state index contributed by atoms with van der Waals surface area (Å²) in [5.41, 5.74) is 1.86. The summed E-state index contributed by atoms with van der Waals surface area (Å²) in [5.74, 6) is -0.125. The molecular formula is C18H21ClN2O3S. The van der Waals surface area contributed by atoms with Crippen molar-refractivity contribution in [3.8, 4) is 0 Å². The van der Waals surface area contributed by atoms with E-state index in [9.17, 15) is 13.2 Å². The number of halogens is 1. The lowest BCUT2D eigenvalue weighted by Crippen LogP contribution is -2.27. The predicted octanol–water partition coefficient (Wildman–Crippen LogP) is 3.84. The zero-order chi connectivity index (χ0) is 18.6. The number of carbonyl (C=O) groups is 1. The van der Waals surface area contributed by atoms with Crippen LogP contribution in [0.25, 0.3) is 0 Å². The molecule has 0 bridgehead atoms. The van der Waals surface area contributed by atoms with E-state index in [0.717, 1.165) is 5.56 Å². The molecular weight excluding hydrogens is 360 g/mol. The highest BCUT2D eigenvalue weighted by Crippen LogP contribution is 2.20. The third-order valence-electron chi connectivity index (χ3n) is 3.54. The van der Waals surface area contributed by atoms with Crippen LogP contribution in [0.2, 0.25) is 5.02 Å². The summed E-state index contributed by atoms with van der Waals surface area (Å²) in [7, 11) is -3.57. The number of carbonyl (C=O) groups excluding carboxylic acids is 1. The highest BCUT2D eigenvalue weighted by Gasteiger charge is 2.15. The van der Waals surface area contributed by atoms with E-state index in [0.29, 0.717) is 22.8 Å². The van der Waals surface area contributed by atoms with Gasteiger partial charge in [0, 0.05) is 22.8 Å². The van der Waals surface area contributed by atoms with Crippen LogP contribution in [0.1, 0.15) is 29.8 Å². The molecule has 2 rings (SSSR count). The Hall–Kier alpha value is -1.89. The Bertz CT molecular complexity index is 862. The standard InChI is InChI=1S/C18H21ClN2O3S/c1-12(2)11-20-25(23,24)16-8-5-14(6-9-16)18(22)21-15-7-4-13(3)17(19)10-15/h4-10,12,20H,11H2,1-3H3,(H,21,22). The number of aryl methyl sites for hydroxylation is 1. The number of benzene rings is 2. The van der Waals surface area contributed by atoms with Crippen molar-refractivity contribution in [2.45, 2.75) is 25.7 Å². The molecule has 0 spiro atoms. The second-order valence-corrected chi connectivity index (χ2v) is 8.36. The molecule has 2 aromatic carbocycles. The van der Waals surface area contributed by atoms with E-state index >= 15 is 0 Å². The number of anilines is 1. The Balaban J connectivity index is 2.10. The van der Waals surface area contributed by atoms with E-state index in [2.05, 4.69) is 10.0 Å². The summed E-state index contributed by atoms with van der Waals surface area (Å²) in [6, 6.07) is 11.0. The number of nitrogens with one attached hydrogen (secondary N) is 2. The number of sulfonamides is 1. The van der Waals surface area contributed by atoms with Gasteiger partial charge >= 0.3 is 0 Å². The number of amides is 1. The van der Waals surface area contributed by atoms with Crippen LogP contribution in [-0.4, -0.2) is 20.9 Å². The third kappa shape index (κ3) is 5.29. The van der Waals surface area contributed by atoms with Gasteiger partial charge in [-0.05, 0) is 54.8 Å². The minimum absolute atomic E-state index is 0.128. The first kappa shape index (κ1) is 19.4. The first-order valence-electron chi connectivity index (χ1n) is 7.86. The van der Waals surface area contributed by atoms with Gasteiger partial charge in [-0.25, -0.2) is 13.1 Å². The van der Waals surface area contributed by atoms with Crippen molar-refractivity contribution < 1.29 is 13.2 Å². The zero-order valence-electron chi connectivity index (χ0n) is 14.3. The molecule has 1 amide bonds. The van der Waals surface area contributed by atoms with Crippen molar-refractivity contribution in [2.24, 2.45) is 5.92 Å². The molecule has 0 aliphatic carbocycles. The molecule has 0 heterocycles. The Labute approximate surface area is 153 Å². The minimum Gasteiger partial charge on any atom is -0.322 e. The fourth-order valence-electron chi connectivity index (χ4n) is 2.02. The molecule has 0 aliphatic rings. The van der Waals surface area contributed by atoms with Gasteiger partial charge in [0.05, 0.1) is 4.90 Å². The summed E-state index contributed by atoms with van der Waals surface area (Å²) >= 11 is 6.04. The van der Waals surface area contributed by atoms with Crippen molar-refractivity contribution in [2.75, 3.05) is 11.9 Å². The Morgan fingerprint density at radius 3 is 2.32 bits per heavy atom. The van der Waals surface area contributed by atoms with Crippen molar-refractivity contribution >= 4 is 33.2 Å². The second-order valence-electron chi connectivity index (χ2n) is 6.19. The smallest absolute Gasteiger partial charge is 0.255 e. The summed E-state index contributed by atoms with van der Waals surface area (Å²) in [6.07, 6.45) is 0. The molecule has 0 saturated carbocycles. The van der Waals surface area contributed by atoms with Crippen LogP contribution in [0.3, 0.4) is 0 Å². The van der Waals surface area contributed by atoms with Crippen LogP contribution in [0.15, 0.2) is 47.4 Å². The monoisotopic (exact) mass is 380 g/mol. The molecule has 0 radical (unpaired) electrons. The van der Waals surface area contributed by atoms with Crippen LogP contribution < -0.4 is 10.0 Å². The second kappa shape index (κ2) is 7.99. The average molecular weight is 381 g/mol. The van der Waals surface area contributed by atoms with Gasteiger partial charge in [-0.3, -0.25) is 4.79 Å². The van der Waals surface area contributed by atoms with Crippen LogP contribution in [-0.2, 0) is 10.0 Å². The van der Waals surface area contributed by atoms with E-state index in [-0.39, 0.29) is 16.7 Å². The summed E-state index contributed by atoms with van der Waals surface area (Å²) < 4.78 is 26.8. The van der Waals surface area contributed by atoms with Crippen LogP contribution >= 0.6 is 11.6 Å². The Kier molecular flexibility index (Phi) is 6.21. The van der Waals surface area contributed by atoms with Crippen LogP contribution in [0, 0.1) is 12.8 Å². The topological polar surface area (TPSA) is 75.3 Å². The van der Waals surface area contributed by atoms with E-state index in [1.165, 1.54) is 24.3 Å². The van der Waals surface area contributed by atoms with Gasteiger partial charge in [0.15, 0.2) is 0 Å². The fourth-order valence-corrected chi connectivity index (χ4v) is 3.41. The lowest BCUT2D eigenvalue weighted by atomic mass is 10.2. The van der Waals surface area contributed by atoms with Gasteiger partial charge in [-0.1, -0.05) is 31.5 Å². The third-order valence-corrected chi connectivity index (χ3v) is 5.38. The molecule has 7 heteroatoms. The first-order valence-corrected chi connectivity index (χ1v) is 9.72. The Morgan fingerprint density at radius 1 is 1.12 bits per heavy atom. The van der Waals surface area contributed by atoms with Gasteiger partial charge < -0.3 is 5.32 Å². The summed E-state index contributed by atoms with van der Waals surface area (Å²) in [6.45, 7) is 6.08. The van der Waals surface area contributed by atoms with Crippen LogP contribution in [0.5, 0.6) is 0 Å². The Morgan fingerprint density at radius 2 is 1.76 bits per heavy atom. The van der Waals surface area contributed by atoms with E-state index in [1.807, 2.05) is 26.8 Å². The largest absolute Gasteiger partial charge is 0.322 e. The van der Waals surface area contributed by atoms with E-state index in [1.54, 1.807) is 12.1 Å². The molecule has 134 valence electrons. The van der Waals surface area contributed by atoms with Gasteiger partial charge in [0.25, 0.3) is 5.91 Å². The number of hydrogen-bond donors (Lipinski definition) is 2. The highest BCUT2D eigenvalue weighted by atomic mass is 35.5. The summed E-state index contributed by atoms with van der Waals surface area (Å²) in [5, 5.41) is 3.30. The van der Waals surface area contributed by atoms with Crippen LogP contribution in [0.4, 0.5) is 5.69 Å². The van der Waals surface area contributed by atoms with Gasteiger partial charge in [0.2, 0.25) is 10.0 Å². The highest BCUT2D eigenvalue weighted by molar-refractivity contribution is 7.89. The zero-order valence-corrected chi connectivity index (χ0v) is 15.9. The molecule has 0 saturated heterocycles. The molecule has 2 N–H and O–H groups in total. The molecule has 0 fully saturated rings. The van der Waals surface area contributed by atoms with Crippen molar-refractivity contribution in [1.29, 1.82) is 0 Å². The molecule has 0 unspecified atom stereocenters. The number of rotatable bonds is 6. The predicted molar refractivity (Wildman–Crippen MR) is 101 cm³/mol. The molecule has 0 aliphatic heterocycles. The lowest BCUT2D eigenvalue weighted by molar-refractivity contribution is 0.102. The molecule has 25 heavy (non-hydrogen) atoms. The van der Waals surface area contributed by atoms with Gasteiger partial charge in [0.1, 0.15) is 0 Å². The quantitative estimate of drug-likeness (QED) is 0.799. The fraction of sp³-hybridized carbons (Fsp3) is 0.278. The number of hydrogen-bond acceptors (Lipinski definition) is 3. The normalized spacial score (nSPS) is 11.6. The SMILES string of the molecule is Cc1ccc(NC(=O)c2ccc(S(=O)(=O)NCC(C)C)cc2)cc1Cl. The lowest BCUT2D eigenvalue weighted by Gasteiger charge is -2.10. The van der Waals surface area contributed by atoms with Crippen molar-refractivity contribution in [1.82, 2.24) is 4.72 Å². The molecule has 0 aromatic heterocycles. The maximum absolute atomic E-state index is 12.3. The molecule has 5 nitrogen and oxygen atoms in total. The van der Waals surface area contributed by atoms with E-state index < -0.39 is 10.0 Å². The molecule has 0 atom stereocenters. The minimum atomic E-state index is -3.57. The summed E-state index contributed by atoms with van der Waals surface area (Å²) in [4.78, 5) is 12.4. The maximum Gasteiger partial charge on any atom is 0.255 e. The maximum atomic E-state index is 12.3.